The summed E-state index contributed by atoms with van der Waals surface area (Å²) in [5.74, 6) is -0.00622. The van der Waals surface area contributed by atoms with Gasteiger partial charge in [-0.1, -0.05) is 30.3 Å². The molecule has 86 valence electrons. The number of rotatable bonds is 3. The van der Waals surface area contributed by atoms with Gasteiger partial charge in [0.25, 0.3) is 0 Å². The van der Waals surface area contributed by atoms with Gasteiger partial charge >= 0.3 is 5.97 Å². The first-order chi connectivity index (χ1) is 7.81. The molecular weight excluding hydrogens is 204 g/mol. The number of hydrogen-bond donors (Lipinski definition) is 0. The lowest BCUT2D eigenvalue weighted by atomic mass is 9.93. The van der Waals surface area contributed by atoms with E-state index in [9.17, 15) is 4.79 Å². The van der Waals surface area contributed by atoms with Crippen LogP contribution < -0.4 is 0 Å². The molecule has 0 saturated carbocycles. The molecule has 0 aliphatic carbocycles. The van der Waals surface area contributed by atoms with Crippen molar-refractivity contribution in [1.29, 1.82) is 0 Å². The highest BCUT2D eigenvalue weighted by Gasteiger charge is 2.34. The van der Waals surface area contributed by atoms with Crippen LogP contribution in [0.4, 0.5) is 0 Å². The molecule has 1 aromatic rings. The molecule has 2 atom stereocenters. The van der Waals surface area contributed by atoms with Crippen LogP contribution in [0.3, 0.4) is 0 Å². The first kappa shape index (κ1) is 11.1. The number of benzene rings is 1. The second kappa shape index (κ2) is 5.12. The molecule has 2 unspecified atom stereocenters. The number of esters is 1. The van der Waals surface area contributed by atoms with E-state index in [1.54, 1.807) is 0 Å². The normalized spacial score (nSPS) is 24.3. The number of carbonyl (C=O) groups is 1. The van der Waals surface area contributed by atoms with Crippen molar-refractivity contribution in [1.82, 2.24) is 0 Å². The number of hydrogen-bond acceptors (Lipinski definition) is 3. The smallest absolute Gasteiger partial charge is 0.335 e. The van der Waals surface area contributed by atoms with Crippen LogP contribution in [0.2, 0.25) is 0 Å². The van der Waals surface area contributed by atoms with E-state index in [1.807, 2.05) is 18.2 Å². The second-order valence-electron chi connectivity index (χ2n) is 4.05. The topological polar surface area (TPSA) is 35.5 Å². The molecule has 3 nitrogen and oxygen atoms in total. The Labute approximate surface area is 95.4 Å². The Bertz CT molecular complexity index is 347. The molecule has 1 heterocycles. The van der Waals surface area contributed by atoms with Crippen LogP contribution in [-0.4, -0.2) is 25.8 Å². The molecule has 0 aromatic heterocycles. The summed E-state index contributed by atoms with van der Waals surface area (Å²) in [5.41, 5.74) is 1.24. The van der Waals surface area contributed by atoms with Crippen molar-refractivity contribution in [2.75, 3.05) is 13.7 Å². The van der Waals surface area contributed by atoms with Crippen molar-refractivity contribution in [2.24, 2.45) is 5.92 Å². The zero-order valence-electron chi connectivity index (χ0n) is 9.39. The molecule has 1 fully saturated rings. The molecule has 3 heteroatoms. The first-order valence-electron chi connectivity index (χ1n) is 5.54. The van der Waals surface area contributed by atoms with Gasteiger partial charge in [-0.15, -0.1) is 0 Å². The molecule has 2 rings (SSSR count). The maximum atomic E-state index is 11.5. The van der Waals surface area contributed by atoms with Crippen LogP contribution in [0.25, 0.3) is 0 Å². The fraction of sp³-hybridized carbons (Fsp3) is 0.462. The molecule has 1 aromatic carbocycles. The Morgan fingerprint density at radius 3 is 2.88 bits per heavy atom. The van der Waals surface area contributed by atoms with Crippen LogP contribution in [-0.2, 0) is 20.7 Å². The average molecular weight is 220 g/mol. The van der Waals surface area contributed by atoms with Gasteiger partial charge < -0.3 is 9.47 Å². The molecule has 16 heavy (non-hydrogen) atoms. The van der Waals surface area contributed by atoms with E-state index in [4.69, 9.17) is 9.47 Å². The highest BCUT2D eigenvalue weighted by Crippen LogP contribution is 2.25. The van der Waals surface area contributed by atoms with Crippen LogP contribution >= 0.6 is 0 Å². The monoisotopic (exact) mass is 220 g/mol. The van der Waals surface area contributed by atoms with Crippen molar-refractivity contribution in [2.45, 2.75) is 18.9 Å². The minimum absolute atomic E-state index is 0.245. The van der Waals surface area contributed by atoms with E-state index in [-0.39, 0.29) is 18.0 Å². The van der Waals surface area contributed by atoms with Crippen LogP contribution in [0.5, 0.6) is 0 Å². The van der Waals surface area contributed by atoms with Gasteiger partial charge in [0.2, 0.25) is 0 Å². The summed E-state index contributed by atoms with van der Waals surface area (Å²) >= 11 is 0. The fourth-order valence-electron chi connectivity index (χ4n) is 2.14. The third kappa shape index (κ3) is 2.42. The van der Waals surface area contributed by atoms with Crippen molar-refractivity contribution in [3.63, 3.8) is 0 Å². The molecule has 1 saturated heterocycles. The number of ether oxygens (including phenoxy) is 2. The van der Waals surface area contributed by atoms with Crippen molar-refractivity contribution in [3.8, 4) is 0 Å². The summed E-state index contributed by atoms with van der Waals surface area (Å²) in [6.07, 6.45) is 1.42. The van der Waals surface area contributed by atoms with Crippen LogP contribution in [0.1, 0.15) is 12.0 Å². The summed E-state index contributed by atoms with van der Waals surface area (Å²) in [6, 6.07) is 10.2. The third-order valence-electron chi connectivity index (χ3n) is 2.99. The average Bonchev–Trinajstić information content (AvgIpc) is 2.77. The van der Waals surface area contributed by atoms with Crippen LogP contribution in [0, 0.1) is 5.92 Å². The van der Waals surface area contributed by atoms with E-state index in [1.165, 1.54) is 12.7 Å². The molecule has 0 spiro atoms. The van der Waals surface area contributed by atoms with Crippen molar-refractivity contribution in [3.05, 3.63) is 35.9 Å². The van der Waals surface area contributed by atoms with Gasteiger partial charge in [-0.2, -0.15) is 0 Å². The number of carbonyl (C=O) groups excluding carboxylic acids is 1. The zero-order chi connectivity index (χ0) is 11.4. The summed E-state index contributed by atoms with van der Waals surface area (Å²) in [4.78, 5) is 11.5. The Morgan fingerprint density at radius 1 is 1.44 bits per heavy atom. The predicted molar refractivity (Wildman–Crippen MR) is 60.0 cm³/mol. The van der Waals surface area contributed by atoms with Gasteiger partial charge in [-0.25, -0.2) is 4.79 Å². The largest absolute Gasteiger partial charge is 0.467 e. The maximum Gasteiger partial charge on any atom is 0.335 e. The predicted octanol–water partition coefficient (Wildman–Crippen LogP) is 1.81. The Balaban J connectivity index is 2.01. The Morgan fingerprint density at radius 2 is 2.19 bits per heavy atom. The van der Waals surface area contributed by atoms with Gasteiger partial charge in [0.05, 0.1) is 7.11 Å². The molecular formula is C13H16O3. The van der Waals surface area contributed by atoms with Gasteiger partial charge in [-0.3, -0.25) is 0 Å². The highest BCUT2D eigenvalue weighted by atomic mass is 16.6. The van der Waals surface area contributed by atoms with E-state index >= 15 is 0 Å². The molecule has 0 amide bonds. The number of methoxy groups -OCH3 is 1. The fourth-order valence-corrected chi connectivity index (χ4v) is 2.14. The SMILES string of the molecule is COC(=O)C1OCCC1Cc1ccccc1. The van der Waals surface area contributed by atoms with Gasteiger partial charge in [0.1, 0.15) is 0 Å². The van der Waals surface area contributed by atoms with E-state index in [2.05, 4.69) is 12.1 Å². The summed E-state index contributed by atoms with van der Waals surface area (Å²) in [6.45, 7) is 0.650. The van der Waals surface area contributed by atoms with Crippen molar-refractivity contribution < 1.29 is 14.3 Å². The first-order valence-corrected chi connectivity index (χ1v) is 5.54. The maximum absolute atomic E-state index is 11.5. The zero-order valence-corrected chi connectivity index (χ0v) is 9.39. The Kier molecular flexibility index (Phi) is 3.57. The van der Waals surface area contributed by atoms with Gasteiger partial charge in [-0.05, 0) is 18.4 Å². The Hall–Kier alpha value is -1.35. The molecule has 0 radical (unpaired) electrons. The lowest BCUT2D eigenvalue weighted by molar-refractivity contribution is -0.152. The summed E-state index contributed by atoms with van der Waals surface area (Å²) in [7, 11) is 1.41. The second-order valence-corrected chi connectivity index (χ2v) is 4.05. The quantitative estimate of drug-likeness (QED) is 0.729. The van der Waals surface area contributed by atoms with Gasteiger partial charge in [0, 0.05) is 12.5 Å². The molecule has 0 N–H and O–H groups in total. The van der Waals surface area contributed by atoms with Gasteiger partial charge in [0.15, 0.2) is 6.10 Å². The van der Waals surface area contributed by atoms with E-state index < -0.39 is 0 Å². The minimum Gasteiger partial charge on any atom is -0.467 e. The lowest BCUT2D eigenvalue weighted by Gasteiger charge is -2.15. The van der Waals surface area contributed by atoms with Crippen LogP contribution in [0.15, 0.2) is 30.3 Å². The molecule has 0 bridgehead atoms. The lowest BCUT2D eigenvalue weighted by Crippen LogP contribution is -2.29. The molecule has 1 aliphatic heterocycles. The third-order valence-corrected chi connectivity index (χ3v) is 2.99. The molecule has 1 aliphatic rings. The van der Waals surface area contributed by atoms with E-state index in [0.29, 0.717) is 6.61 Å². The standard InChI is InChI=1S/C13H16O3/c1-15-13(14)12-11(7-8-16-12)9-10-5-3-2-4-6-10/h2-6,11-12H,7-9H2,1H3. The van der Waals surface area contributed by atoms with Crippen molar-refractivity contribution >= 4 is 5.97 Å². The summed E-state index contributed by atoms with van der Waals surface area (Å²) < 4.78 is 10.2. The van der Waals surface area contributed by atoms with E-state index in [0.717, 1.165) is 12.8 Å². The summed E-state index contributed by atoms with van der Waals surface area (Å²) in [5, 5.41) is 0. The minimum atomic E-state index is -0.384. The highest BCUT2D eigenvalue weighted by molar-refractivity contribution is 5.75.